The summed E-state index contributed by atoms with van der Waals surface area (Å²) in [5, 5.41) is 2.83. The van der Waals surface area contributed by atoms with Gasteiger partial charge in [0.2, 0.25) is 0 Å². The van der Waals surface area contributed by atoms with Crippen molar-refractivity contribution < 1.29 is 17.6 Å². The first-order valence-corrected chi connectivity index (χ1v) is 9.16. The van der Waals surface area contributed by atoms with Gasteiger partial charge in [0.1, 0.15) is 0 Å². The molecule has 2 saturated heterocycles. The van der Waals surface area contributed by atoms with Crippen LogP contribution in [0.3, 0.4) is 0 Å². The van der Waals surface area contributed by atoms with Gasteiger partial charge in [0, 0.05) is 6.04 Å². The zero-order valence-electron chi connectivity index (χ0n) is 11.8. The molecule has 2 aliphatic heterocycles. The van der Waals surface area contributed by atoms with Gasteiger partial charge in [-0.25, -0.2) is 8.42 Å². The van der Waals surface area contributed by atoms with Crippen LogP contribution in [0.4, 0.5) is 0 Å². The molecule has 1 amide bonds. The van der Waals surface area contributed by atoms with Crippen molar-refractivity contribution in [3.8, 4) is 0 Å². The van der Waals surface area contributed by atoms with Gasteiger partial charge in [-0.1, -0.05) is 6.42 Å². The molecule has 3 heterocycles. The topological polar surface area (TPSA) is 79.6 Å². The van der Waals surface area contributed by atoms with E-state index in [4.69, 9.17) is 4.42 Å². The van der Waals surface area contributed by atoms with Gasteiger partial charge in [0.15, 0.2) is 15.6 Å². The molecule has 2 atom stereocenters. The van der Waals surface area contributed by atoms with Crippen molar-refractivity contribution >= 4 is 15.7 Å². The average Bonchev–Trinajstić information content (AvgIpc) is 3.07. The first-order valence-electron chi connectivity index (χ1n) is 7.34. The SMILES string of the molecule is O=C(N[C@@H]1CS(=O)(=O)C[C@H]1N1CCCCC1)c1ccco1. The molecule has 3 rings (SSSR count). The molecule has 2 aliphatic rings. The van der Waals surface area contributed by atoms with Crippen molar-refractivity contribution in [2.75, 3.05) is 24.6 Å². The summed E-state index contributed by atoms with van der Waals surface area (Å²) in [7, 11) is -3.10. The van der Waals surface area contributed by atoms with Gasteiger partial charge in [0.05, 0.1) is 23.8 Å². The fourth-order valence-electron chi connectivity index (χ4n) is 3.22. The molecule has 0 spiro atoms. The summed E-state index contributed by atoms with van der Waals surface area (Å²) in [6, 6.07) is 2.75. The normalized spacial score (nSPS) is 29.3. The number of sulfone groups is 1. The monoisotopic (exact) mass is 312 g/mol. The molecule has 0 aromatic carbocycles. The van der Waals surface area contributed by atoms with Crippen molar-refractivity contribution in [1.29, 1.82) is 0 Å². The van der Waals surface area contributed by atoms with Crippen LogP contribution in [0.5, 0.6) is 0 Å². The number of nitrogens with zero attached hydrogens (tertiary/aromatic N) is 1. The molecule has 0 aliphatic carbocycles. The second kappa shape index (κ2) is 5.81. The van der Waals surface area contributed by atoms with Crippen molar-refractivity contribution in [2.24, 2.45) is 0 Å². The third kappa shape index (κ3) is 3.29. The van der Waals surface area contributed by atoms with Gasteiger partial charge in [0.25, 0.3) is 5.91 Å². The number of hydrogen-bond acceptors (Lipinski definition) is 5. The number of carbonyl (C=O) groups excluding carboxylic acids is 1. The van der Waals surface area contributed by atoms with Crippen LogP contribution in [0.15, 0.2) is 22.8 Å². The van der Waals surface area contributed by atoms with E-state index in [2.05, 4.69) is 10.2 Å². The van der Waals surface area contributed by atoms with Gasteiger partial charge in [-0.3, -0.25) is 9.69 Å². The van der Waals surface area contributed by atoms with Crippen LogP contribution in [-0.4, -0.2) is 55.9 Å². The molecule has 0 bridgehead atoms. The van der Waals surface area contributed by atoms with E-state index in [1.807, 2.05) is 0 Å². The quantitative estimate of drug-likeness (QED) is 0.887. The van der Waals surface area contributed by atoms with Gasteiger partial charge in [-0.2, -0.15) is 0 Å². The molecule has 0 saturated carbocycles. The van der Waals surface area contributed by atoms with Crippen molar-refractivity contribution in [1.82, 2.24) is 10.2 Å². The van der Waals surface area contributed by atoms with Gasteiger partial charge < -0.3 is 9.73 Å². The highest BCUT2D eigenvalue weighted by Gasteiger charge is 2.42. The maximum absolute atomic E-state index is 12.1. The predicted octanol–water partition coefficient (Wildman–Crippen LogP) is 0.661. The predicted molar refractivity (Wildman–Crippen MR) is 77.8 cm³/mol. The van der Waals surface area contributed by atoms with Crippen LogP contribution < -0.4 is 5.32 Å². The maximum Gasteiger partial charge on any atom is 0.287 e. The fourth-order valence-corrected chi connectivity index (χ4v) is 5.18. The molecule has 6 nitrogen and oxygen atoms in total. The van der Waals surface area contributed by atoms with E-state index in [1.54, 1.807) is 12.1 Å². The minimum atomic E-state index is -3.10. The summed E-state index contributed by atoms with van der Waals surface area (Å²) >= 11 is 0. The van der Waals surface area contributed by atoms with Gasteiger partial charge in [-0.05, 0) is 38.1 Å². The summed E-state index contributed by atoms with van der Waals surface area (Å²) in [5.41, 5.74) is 0. The van der Waals surface area contributed by atoms with E-state index >= 15 is 0 Å². The van der Waals surface area contributed by atoms with Gasteiger partial charge >= 0.3 is 0 Å². The molecule has 2 fully saturated rings. The number of hydrogen-bond donors (Lipinski definition) is 1. The Hall–Kier alpha value is -1.34. The van der Waals surface area contributed by atoms with E-state index in [0.29, 0.717) is 0 Å². The Bertz CT molecular complexity index is 591. The lowest BCUT2D eigenvalue weighted by Crippen LogP contribution is -2.52. The first kappa shape index (κ1) is 14.6. The summed E-state index contributed by atoms with van der Waals surface area (Å²) in [6.45, 7) is 1.82. The molecule has 21 heavy (non-hydrogen) atoms. The lowest BCUT2D eigenvalue weighted by Gasteiger charge is -2.34. The zero-order valence-corrected chi connectivity index (χ0v) is 12.6. The van der Waals surface area contributed by atoms with Crippen LogP contribution in [0.2, 0.25) is 0 Å². The minimum Gasteiger partial charge on any atom is -0.459 e. The third-order valence-electron chi connectivity index (χ3n) is 4.24. The number of likely N-dealkylation sites (tertiary alicyclic amines) is 1. The largest absolute Gasteiger partial charge is 0.459 e. The van der Waals surface area contributed by atoms with E-state index < -0.39 is 9.84 Å². The molecule has 0 unspecified atom stereocenters. The fraction of sp³-hybridized carbons (Fsp3) is 0.643. The molecule has 0 radical (unpaired) electrons. The Balaban J connectivity index is 1.73. The summed E-state index contributed by atoms with van der Waals surface area (Å²) in [4.78, 5) is 14.3. The van der Waals surface area contributed by atoms with Crippen LogP contribution in [0.1, 0.15) is 29.8 Å². The number of amides is 1. The van der Waals surface area contributed by atoms with Crippen molar-refractivity contribution in [3.05, 3.63) is 24.2 Å². The molecule has 7 heteroatoms. The molecule has 1 N–H and O–H groups in total. The van der Waals surface area contributed by atoms with E-state index in [-0.39, 0.29) is 35.3 Å². The summed E-state index contributed by atoms with van der Waals surface area (Å²) in [5.74, 6) is 0.0253. The number of furan rings is 1. The molecule has 116 valence electrons. The van der Waals surface area contributed by atoms with E-state index in [1.165, 1.54) is 12.7 Å². The van der Waals surface area contributed by atoms with E-state index in [0.717, 1.165) is 25.9 Å². The van der Waals surface area contributed by atoms with Crippen molar-refractivity contribution in [2.45, 2.75) is 31.3 Å². The van der Waals surface area contributed by atoms with Crippen LogP contribution in [-0.2, 0) is 9.84 Å². The van der Waals surface area contributed by atoms with Crippen molar-refractivity contribution in [3.63, 3.8) is 0 Å². The maximum atomic E-state index is 12.1. The standard InChI is InChI=1S/C14H20N2O4S/c17-14(13-5-4-8-20-13)15-11-9-21(18,19)10-12(11)16-6-2-1-3-7-16/h4-5,8,11-12H,1-3,6-7,9-10H2,(H,15,17)/t11-,12-/m1/s1. The molecule has 1 aromatic heterocycles. The third-order valence-corrected chi connectivity index (χ3v) is 5.96. The van der Waals surface area contributed by atoms with Crippen LogP contribution >= 0.6 is 0 Å². The Labute approximate surface area is 124 Å². The average molecular weight is 312 g/mol. The highest BCUT2D eigenvalue weighted by Crippen LogP contribution is 2.22. The Morgan fingerprint density at radius 1 is 1.24 bits per heavy atom. The van der Waals surface area contributed by atoms with Crippen LogP contribution in [0, 0.1) is 0 Å². The second-order valence-electron chi connectivity index (χ2n) is 5.80. The zero-order chi connectivity index (χ0) is 14.9. The van der Waals surface area contributed by atoms with Gasteiger partial charge in [-0.15, -0.1) is 0 Å². The number of piperidine rings is 1. The summed E-state index contributed by atoms with van der Waals surface area (Å²) in [6.07, 6.45) is 4.81. The summed E-state index contributed by atoms with van der Waals surface area (Å²) < 4.78 is 29.0. The highest BCUT2D eigenvalue weighted by atomic mass is 32.2. The Morgan fingerprint density at radius 2 is 2.00 bits per heavy atom. The highest BCUT2D eigenvalue weighted by molar-refractivity contribution is 7.91. The molecular weight excluding hydrogens is 292 g/mol. The minimum absolute atomic E-state index is 0.0145. The number of rotatable bonds is 3. The lowest BCUT2D eigenvalue weighted by atomic mass is 10.0. The Kier molecular flexibility index (Phi) is 4.03. The molecular formula is C14H20N2O4S. The molecule has 1 aromatic rings. The smallest absolute Gasteiger partial charge is 0.287 e. The second-order valence-corrected chi connectivity index (χ2v) is 7.95. The number of nitrogens with one attached hydrogen (secondary N) is 1. The Morgan fingerprint density at radius 3 is 2.67 bits per heavy atom. The lowest BCUT2D eigenvalue weighted by molar-refractivity contribution is 0.0872. The van der Waals surface area contributed by atoms with Crippen LogP contribution in [0.25, 0.3) is 0 Å². The number of carbonyl (C=O) groups is 1. The first-order chi connectivity index (χ1) is 10.1. The van der Waals surface area contributed by atoms with E-state index in [9.17, 15) is 13.2 Å².